The highest BCUT2D eigenvalue weighted by atomic mass is 32.1. The average Bonchev–Trinajstić information content (AvgIpc) is 2.45. The third kappa shape index (κ3) is 4.97. The molecule has 0 fully saturated rings. The zero-order chi connectivity index (χ0) is 14.1. The third-order valence-corrected chi connectivity index (χ3v) is 2.45. The van der Waals surface area contributed by atoms with Gasteiger partial charge in [-0.3, -0.25) is 5.43 Å². The standard InChI is InChI=1S/C13H17N3O2S/c1-4-7-14-13(19)16-15-9-10-5-6-11(17-2)8-12(10)18-3/h4-6,8-9H,1,7H2,2-3H3,(H2,14,16,19). The first-order chi connectivity index (χ1) is 9.21. The lowest BCUT2D eigenvalue weighted by Crippen LogP contribution is -2.31. The first-order valence-electron chi connectivity index (χ1n) is 5.61. The monoisotopic (exact) mass is 279 g/mol. The lowest BCUT2D eigenvalue weighted by Gasteiger charge is -2.07. The molecule has 0 aliphatic heterocycles. The molecule has 0 spiro atoms. The highest BCUT2D eigenvalue weighted by Gasteiger charge is 2.02. The minimum atomic E-state index is 0.434. The van der Waals surface area contributed by atoms with Crippen LogP contribution in [0, 0.1) is 0 Å². The van der Waals surface area contributed by atoms with E-state index < -0.39 is 0 Å². The van der Waals surface area contributed by atoms with Gasteiger partial charge >= 0.3 is 0 Å². The molecule has 2 N–H and O–H groups in total. The van der Waals surface area contributed by atoms with Crippen LogP contribution in [-0.2, 0) is 0 Å². The topological polar surface area (TPSA) is 54.9 Å². The highest BCUT2D eigenvalue weighted by molar-refractivity contribution is 7.80. The number of methoxy groups -OCH3 is 2. The number of nitrogens with one attached hydrogen (secondary N) is 2. The van der Waals surface area contributed by atoms with E-state index in [1.807, 2.05) is 12.1 Å². The molecule has 0 amide bonds. The van der Waals surface area contributed by atoms with Gasteiger partial charge in [-0.2, -0.15) is 5.10 Å². The van der Waals surface area contributed by atoms with Crippen LogP contribution in [0.5, 0.6) is 11.5 Å². The molecular formula is C13H17N3O2S. The van der Waals surface area contributed by atoms with E-state index in [2.05, 4.69) is 22.4 Å². The maximum absolute atomic E-state index is 5.25. The number of thiocarbonyl (C=S) groups is 1. The Morgan fingerprint density at radius 3 is 2.84 bits per heavy atom. The third-order valence-electron chi connectivity index (χ3n) is 2.22. The molecule has 0 aromatic heterocycles. The van der Waals surface area contributed by atoms with E-state index in [1.54, 1.807) is 32.6 Å². The predicted octanol–water partition coefficient (Wildman–Crippen LogP) is 1.69. The normalized spacial score (nSPS) is 10.0. The Bertz CT molecular complexity index is 475. The summed E-state index contributed by atoms with van der Waals surface area (Å²) in [5.74, 6) is 1.40. The van der Waals surface area contributed by atoms with Gasteiger partial charge in [0.25, 0.3) is 0 Å². The van der Waals surface area contributed by atoms with E-state index in [0.717, 1.165) is 11.3 Å². The Labute approximate surface area is 118 Å². The lowest BCUT2D eigenvalue weighted by molar-refractivity contribution is 0.394. The quantitative estimate of drug-likeness (QED) is 0.359. The fourth-order valence-corrected chi connectivity index (χ4v) is 1.43. The molecule has 1 rings (SSSR count). The van der Waals surface area contributed by atoms with Crippen LogP contribution < -0.4 is 20.2 Å². The fraction of sp³-hybridized carbons (Fsp3) is 0.231. The van der Waals surface area contributed by atoms with Crippen LogP contribution in [0.25, 0.3) is 0 Å². The van der Waals surface area contributed by atoms with E-state index in [0.29, 0.717) is 17.4 Å². The minimum Gasteiger partial charge on any atom is -0.497 e. The molecule has 0 radical (unpaired) electrons. The molecule has 102 valence electrons. The summed E-state index contributed by atoms with van der Waals surface area (Å²) in [6.45, 7) is 4.17. The van der Waals surface area contributed by atoms with Crippen molar-refractivity contribution in [3.63, 3.8) is 0 Å². The van der Waals surface area contributed by atoms with Gasteiger partial charge in [-0.15, -0.1) is 6.58 Å². The number of hydrogen-bond acceptors (Lipinski definition) is 4. The van der Waals surface area contributed by atoms with Gasteiger partial charge in [0, 0.05) is 18.2 Å². The Balaban J connectivity index is 2.65. The van der Waals surface area contributed by atoms with Crippen LogP contribution in [0.4, 0.5) is 0 Å². The second-order valence-electron chi connectivity index (χ2n) is 3.48. The fourth-order valence-electron chi connectivity index (χ4n) is 1.29. The molecule has 0 heterocycles. The van der Waals surface area contributed by atoms with Crippen LogP contribution >= 0.6 is 12.2 Å². The molecule has 0 aliphatic carbocycles. The van der Waals surface area contributed by atoms with Crippen molar-refractivity contribution in [1.29, 1.82) is 0 Å². The number of nitrogens with zero attached hydrogens (tertiary/aromatic N) is 1. The van der Waals surface area contributed by atoms with E-state index in [-0.39, 0.29) is 0 Å². The van der Waals surface area contributed by atoms with Crippen molar-refractivity contribution in [3.05, 3.63) is 36.4 Å². The number of hydrogen-bond donors (Lipinski definition) is 2. The minimum absolute atomic E-state index is 0.434. The number of hydrazone groups is 1. The van der Waals surface area contributed by atoms with Crippen LogP contribution in [0.1, 0.15) is 5.56 Å². The van der Waals surface area contributed by atoms with E-state index in [4.69, 9.17) is 21.7 Å². The Hall–Kier alpha value is -2.08. The average molecular weight is 279 g/mol. The summed E-state index contributed by atoms with van der Waals surface area (Å²) in [6, 6.07) is 5.47. The van der Waals surface area contributed by atoms with Gasteiger partial charge in [-0.1, -0.05) is 6.08 Å². The maximum Gasteiger partial charge on any atom is 0.187 e. The van der Waals surface area contributed by atoms with Crippen molar-refractivity contribution in [2.24, 2.45) is 5.10 Å². The van der Waals surface area contributed by atoms with Gasteiger partial charge in [-0.25, -0.2) is 0 Å². The molecule has 5 nitrogen and oxygen atoms in total. The van der Waals surface area contributed by atoms with Crippen LogP contribution in [0.3, 0.4) is 0 Å². The maximum atomic E-state index is 5.25. The van der Waals surface area contributed by atoms with Gasteiger partial charge in [0.1, 0.15) is 11.5 Å². The Kier molecular flexibility index (Phi) is 6.38. The summed E-state index contributed by atoms with van der Waals surface area (Å²) in [4.78, 5) is 0. The van der Waals surface area contributed by atoms with Crippen molar-refractivity contribution < 1.29 is 9.47 Å². The summed E-state index contributed by atoms with van der Waals surface area (Å²) >= 11 is 5.00. The van der Waals surface area contributed by atoms with E-state index >= 15 is 0 Å². The molecule has 6 heteroatoms. The molecule has 0 bridgehead atoms. The first-order valence-corrected chi connectivity index (χ1v) is 6.02. The van der Waals surface area contributed by atoms with Crippen molar-refractivity contribution in [2.75, 3.05) is 20.8 Å². The lowest BCUT2D eigenvalue weighted by atomic mass is 10.2. The smallest absolute Gasteiger partial charge is 0.187 e. The van der Waals surface area contributed by atoms with E-state index in [9.17, 15) is 0 Å². The number of rotatable bonds is 6. The Morgan fingerprint density at radius 1 is 1.42 bits per heavy atom. The van der Waals surface area contributed by atoms with Crippen molar-refractivity contribution in [3.8, 4) is 11.5 Å². The molecule has 0 unspecified atom stereocenters. The van der Waals surface area contributed by atoms with Gasteiger partial charge in [0.2, 0.25) is 0 Å². The first kappa shape index (κ1) is 15.0. The summed E-state index contributed by atoms with van der Waals surface area (Å²) in [7, 11) is 3.20. The van der Waals surface area contributed by atoms with Crippen LogP contribution in [0.15, 0.2) is 36.0 Å². The van der Waals surface area contributed by atoms with Gasteiger partial charge < -0.3 is 14.8 Å². The largest absolute Gasteiger partial charge is 0.497 e. The zero-order valence-electron chi connectivity index (χ0n) is 11.0. The molecule has 0 atom stereocenters. The van der Waals surface area contributed by atoms with Gasteiger partial charge in [0.15, 0.2) is 5.11 Å². The van der Waals surface area contributed by atoms with Crippen molar-refractivity contribution >= 4 is 23.5 Å². The SMILES string of the molecule is C=CCNC(=S)NN=Cc1ccc(OC)cc1OC. The summed E-state index contributed by atoms with van der Waals surface area (Å²) in [5, 5.41) is 7.36. The molecule has 1 aromatic carbocycles. The molecule has 1 aromatic rings. The Morgan fingerprint density at radius 2 is 2.21 bits per heavy atom. The second kappa shape index (κ2) is 8.10. The molecular weight excluding hydrogens is 262 g/mol. The molecule has 0 saturated heterocycles. The summed E-state index contributed by atoms with van der Waals surface area (Å²) < 4.78 is 10.4. The number of benzene rings is 1. The second-order valence-corrected chi connectivity index (χ2v) is 3.88. The van der Waals surface area contributed by atoms with Gasteiger partial charge in [0.05, 0.1) is 20.4 Å². The molecule has 0 aliphatic rings. The van der Waals surface area contributed by atoms with Crippen molar-refractivity contribution in [2.45, 2.75) is 0 Å². The van der Waals surface area contributed by atoms with Crippen LogP contribution in [-0.4, -0.2) is 32.1 Å². The van der Waals surface area contributed by atoms with Crippen molar-refractivity contribution in [1.82, 2.24) is 10.7 Å². The highest BCUT2D eigenvalue weighted by Crippen LogP contribution is 2.22. The molecule has 19 heavy (non-hydrogen) atoms. The van der Waals surface area contributed by atoms with E-state index in [1.165, 1.54) is 0 Å². The summed E-state index contributed by atoms with van der Waals surface area (Å²) in [5.41, 5.74) is 3.52. The van der Waals surface area contributed by atoms with Gasteiger partial charge in [-0.05, 0) is 24.4 Å². The summed E-state index contributed by atoms with van der Waals surface area (Å²) in [6.07, 6.45) is 3.34. The number of ether oxygens (including phenoxy) is 2. The molecule has 0 saturated carbocycles. The zero-order valence-corrected chi connectivity index (χ0v) is 11.8. The van der Waals surface area contributed by atoms with Crippen LogP contribution in [0.2, 0.25) is 0 Å². The predicted molar refractivity (Wildman–Crippen MR) is 81.1 cm³/mol.